The number of nitrogen functional groups attached to an aromatic ring is 2. The van der Waals surface area contributed by atoms with E-state index in [0.29, 0.717) is 24.1 Å². The van der Waals surface area contributed by atoms with Crippen LogP contribution in [0.2, 0.25) is 0 Å². The second-order valence-electron chi connectivity index (χ2n) is 5.77. The van der Waals surface area contributed by atoms with Gasteiger partial charge in [-0.3, -0.25) is 10.1 Å². The van der Waals surface area contributed by atoms with Crippen LogP contribution in [0.5, 0.6) is 0 Å². The lowest BCUT2D eigenvalue weighted by Crippen LogP contribution is -2.11. The van der Waals surface area contributed by atoms with Crippen LogP contribution in [-0.2, 0) is 12.8 Å². The van der Waals surface area contributed by atoms with E-state index in [2.05, 4.69) is 4.98 Å². The maximum Gasteiger partial charge on any atom is 0.334 e. The molecule has 1 heterocycles. The summed E-state index contributed by atoms with van der Waals surface area (Å²) < 4.78 is 0. The summed E-state index contributed by atoms with van der Waals surface area (Å²) in [6.45, 7) is 0. The molecule has 1 aromatic heterocycles. The Kier molecular flexibility index (Phi) is 4.61. The molecule has 0 saturated carbocycles. The van der Waals surface area contributed by atoms with E-state index in [9.17, 15) is 10.1 Å². The quantitative estimate of drug-likeness (QED) is 0.549. The highest BCUT2D eigenvalue weighted by Crippen LogP contribution is 2.34. The molecular formula is C19H18N4O2. The van der Waals surface area contributed by atoms with Gasteiger partial charge in [-0.2, -0.15) is 0 Å². The molecule has 0 aliphatic carbocycles. The summed E-state index contributed by atoms with van der Waals surface area (Å²) in [6.07, 6.45) is 0.971. The number of nitrogens with zero attached hydrogens (tertiary/aromatic N) is 2. The van der Waals surface area contributed by atoms with Gasteiger partial charge in [-0.25, -0.2) is 4.98 Å². The van der Waals surface area contributed by atoms with E-state index in [1.165, 1.54) is 0 Å². The zero-order valence-electron chi connectivity index (χ0n) is 13.6. The molecule has 2 aromatic carbocycles. The summed E-state index contributed by atoms with van der Waals surface area (Å²) >= 11 is 0. The van der Waals surface area contributed by atoms with E-state index in [4.69, 9.17) is 11.5 Å². The van der Waals surface area contributed by atoms with Crippen LogP contribution in [0, 0.1) is 10.1 Å². The highest BCUT2D eigenvalue weighted by molar-refractivity contribution is 5.74. The predicted octanol–water partition coefficient (Wildman–Crippen LogP) is 3.34. The van der Waals surface area contributed by atoms with Crippen LogP contribution in [0.4, 0.5) is 17.2 Å². The van der Waals surface area contributed by atoms with Crippen molar-refractivity contribution in [3.8, 4) is 0 Å². The molecule has 0 aliphatic rings. The van der Waals surface area contributed by atoms with E-state index in [-0.39, 0.29) is 17.2 Å². The van der Waals surface area contributed by atoms with Crippen molar-refractivity contribution in [1.82, 2.24) is 4.98 Å². The Balaban J connectivity index is 2.10. The molecule has 126 valence electrons. The Morgan fingerprint density at radius 2 is 1.40 bits per heavy atom. The zero-order valence-corrected chi connectivity index (χ0v) is 13.6. The number of aromatic nitrogens is 1. The first-order chi connectivity index (χ1) is 12.1. The number of nitrogens with two attached hydrogens (primary N) is 2. The highest BCUT2D eigenvalue weighted by Gasteiger charge is 2.24. The van der Waals surface area contributed by atoms with Gasteiger partial charge in [0.2, 0.25) is 5.82 Å². The zero-order chi connectivity index (χ0) is 17.8. The third-order valence-electron chi connectivity index (χ3n) is 4.05. The van der Waals surface area contributed by atoms with Crippen LogP contribution in [0.25, 0.3) is 0 Å². The van der Waals surface area contributed by atoms with Crippen LogP contribution in [0.1, 0.15) is 22.4 Å². The fourth-order valence-electron chi connectivity index (χ4n) is 2.83. The van der Waals surface area contributed by atoms with Crippen molar-refractivity contribution < 1.29 is 4.92 Å². The maximum absolute atomic E-state index is 11.3. The van der Waals surface area contributed by atoms with Gasteiger partial charge in [-0.05, 0) is 11.1 Å². The highest BCUT2D eigenvalue weighted by atomic mass is 16.6. The number of nitro groups is 1. The number of pyridine rings is 1. The molecule has 6 nitrogen and oxygen atoms in total. The molecule has 6 heteroatoms. The smallest absolute Gasteiger partial charge is 0.334 e. The Labute approximate surface area is 145 Å². The fraction of sp³-hybridized carbons (Fsp3) is 0.105. The third-order valence-corrected chi connectivity index (χ3v) is 4.05. The molecule has 0 spiro atoms. The monoisotopic (exact) mass is 334 g/mol. The molecule has 4 N–H and O–H groups in total. The number of hydrogen-bond donors (Lipinski definition) is 2. The van der Waals surface area contributed by atoms with Crippen molar-refractivity contribution in [3.05, 3.63) is 93.2 Å². The normalized spacial score (nSPS) is 10.6. The summed E-state index contributed by atoms with van der Waals surface area (Å²) in [7, 11) is 0. The first-order valence-corrected chi connectivity index (χ1v) is 7.85. The predicted molar refractivity (Wildman–Crippen MR) is 98.2 cm³/mol. The van der Waals surface area contributed by atoms with E-state index in [1.807, 2.05) is 60.7 Å². The Morgan fingerprint density at radius 1 is 0.880 bits per heavy atom. The van der Waals surface area contributed by atoms with Gasteiger partial charge in [0.25, 0.3) is 0 Å². The van der Waals surface area contributed by atoms with E-state index >= 15 is 0 Å². The van der Waals surface area contributed by atoms with Gasteiger partial charge < -0.3 is 11.5 Å². The Hall–Kier alpha value is -3.41. The summed E-state index contributed by atoms with van der Waals surface area (Å²) in [5.41, 5.74) is 15.1. The van der Waals surface area contributed by atoms with E-state index in [1.54, 1.807) is 0 Å². The molecule has 3 rings (SSSR count). The lowest BCUT2D eigenvalue weighted by Gasteiger charge is -2.14. The Morgan fingerprint density at radius 3 is 1.92 bits per heavy atom. The van der Waals surface area contributed by atoms with Crippen molar-refractivity contribution in [2.45, 2.75) is 12.8 Å². The summed E-state index contributed by atoms with van der Waals surface area (Å²) in [4.78, 5) is 15.1. The second kappa shape index (κ2) is 7.00. The minimum atomic E-state index is -0.571. The molecule has 25 heavy (non-hydrogen) atoms. The Bertz CT molecular complexity index is 896. The van der Waals surface area contributed by atoms with E-state index in [0.717, 1.165) is 11.1 Å². The standard InChI is InChI=1S/C19H18N4O2/c20-17-15(11-13-7-3-1-4-8-13)16(12-14-9-5-2-6-10-14)22-19(21)18(17)23(24)25/h1-10H,11-12H2,(H4,20,21,22). The molecule has 0 unspecified atom stereocenters. The van der Waals surface area contributed by atoms with Crippen molar-refractivity contribution in [2.75, 3.05) is 11.5 Å². The molecule has 0 amide bonds. The SMILES string of the molecule is Nc1nc(Cc2ccccc2)c(Cc2ccccc2)c(N)c1[N+](=O)[O-]. The first-order valence-electron chi connectivity index (χ1n) is 7.85. The molecule has 0 saturated heterocycles. The molecule has 0 fully saturated rings. The van der Waals surface area contributed by atoms with Crippen molar-refractivity contribution in [2.24, 2.45) is 0 Å². The largest absolute Gasteiger partial charge is 0.393 e. The molecule has 0 radical (unpaired) electrons. The lowest BCUT2D eigenvalue weighted by atomic mass is 9.97. The molecule has 0 atom stereocenters. The van der Waals surface area contributed by atoms with Crippen molar-refractivity contribution >= 4 is 17.2 Å². The minimum absolute atomic E-state index is 0.0901. The number of anilines is 2. The molecule has 3 aromatic rings. The topological polar surface area (TPSA) is 108 Å². The summed E-state index contributed by atoms with van der Waals surface area (Å²) in [5, 5.41) is 11.3. The maximum atomic E-state index is 11.3. The average molecular weight is 334 g/mol. The molecule has 0 bridgehead atoms. The van der Waals surface area contributed by atoms with Crippen LogP contribution in [0.3, 0.4) is 0 Å². The van der Waals surface area contributed by atoms with Crippen molar-refractivity contribution in [3.63, 3.8) is 0 Å². The van der Waals surface area contributed by atoms with Gasteiger partial charge in [0.15, 0.2) is 0 Å². The van der Waals surface area contributed by atoms with E-state index < -0.39 is 4.92 Å². The number of benzene rings is 2. The number of hydrogen-bond acceptors (Lipinski definition) is 5. The van der Waals surface area contributed by atoms with Gasteiger partial charge in [-0.1, -0.05) is 60.7 Å². The second-order valence-corrected chi connectivity index (χ2v) is 5.77. The van der Waals surface area contributed by atoms with Crippen LogP contribution < -0.4 is 11.5 Å². The summed E-state index contributed by atoms with van der Waals surface area (Å²) in [5.74, 6) is -0.148. The minimum Gasteiger partial charge on any atom is -0.393 e. The summed E-state index contributed by atoms with van der Waals surface area (Å²) in [6, 6.07) is 19.4. The molecular weight excluding hydrogens is 316 g/mol. The first kappa shape index (κ1) is 16.4. The lowest BCUT2D eigenvalue weighted by molar-refractivity contribution is -0.383. The third kappa shape index (κ3) is 3.58. The van der Waals surface area contributed by atoms with Crippen molar-refractivity contribution in [1.29, 1.82) is 0 Å². The van der Waals surface area contributed by atoms with Crippen LogP contribution in [0.15, 0.2) is 60.7 Å². The molecule has 0 aliphatic heterocycles. The number of rotatable bonds is 5. The fourth-order valence-corrected chi connectivity index (χ4v) is 2.83. The van der Waals surface area contributed by atoms with Crippen LogP contribution >= 0.6 is 0 Å². The van der Waals surface area contributed by atoms with Gasteiger partial charge in [0.05, 0.1) is 10.6 Å². The van der Waals surface area contributed by atoms with Gasteiger partial charge in [0, 0.05) is 18.4 Å². The average Bonchev–Trinajstić information content (AvgIpc) is 2.60. The van der Waals surface area contributed by atoms with Gasteiger partial charge in [0.1, 0.15) is 5.69 Å². The van der Waals surface area contributed by atoms with Gasteiger partial charge >= 0.3 is 5.69 Å². The van der Waals surface area contributed by atoms with Crippen LogP contribution in [-0.4, -0.2) is 9.91 Å². The van der Waals surface area contributed by atoms with Gasteiger partial charge in [-0.15, -0.1) is 0 Å².